The Bertz CT molecular complexity index is 861. The van der Waals surface area contributed by atoms with Crippen LogP contribution in [0, 0.1) is 6.57 Å². The van der Waals surface area contributed by atoms with E-state index in [4.69, 9.17) is 11.7 Å². The van der Waals surface area contributed by atoms with E-state index in [-0.39, 0.29) is 6.42 Å². The zero-order valence-corrected chi connectivity index (χ0v) is 14.1. The molecule has 0 amide bonds. The van der Waals surface area contributed by atoms with Crippen molar-refractivity contribution in [3.05, 3.63) is 102 Å². The molecular weight excluding hydrogens is 324 g/mol. The van der Waals surface area contributed by atoms with Gasteiger partial charge in [-0.3, -0.25) is 0 Å². The Morgan fingerprint density at radius 1 is 0.846 bits per heavy atom. The smallest absolute Gasteiger partial charge is 0.388 e. The number of carboxylic acids is 1. The first kappa shape index (κ1) is 17.2. The Hall–Kier alpha value is -3.58. The number of carboxylic acid groups (broad SMARTS) is 1. The van der Waals surface area contributed by atoms with Crippen molar-refractivity contribution in [2.75, 3.05) is 4.90 Å². The number of aliphatic carboxylic acids is 1. The van der Waals surface area contributed by atoms with E-state index in [1.807, 2.05) is 84.9 Å². The summed E-state index contributed by atoms with van der Waals surface area (Å²) in [7, 11) is 0. The highest BCUT2D eigenvalue weighted by atomic mass is 16.4. The van der Waals surface area contributed by atoms with Crippen LogP contribution in [0.4, 0.5) is 17.1 Å². The molecular formula is C22H18N2O2. The lowest BCUT2D eigenvalue weighted by Gasteiger charge is -2.25. The zero-order chi connectivity index (χ0) is 18.4. The van der Waals surface area contributed by atoms with E-state index in [9.17, 15) is 4.79 Å². The molecule has 0 saturated heterocycles. The van der Waals surface area contributed by atoms with Crippen molar-refractivity contribution in [2.24, 2.45) is 0 Å². The Balaban J connectivity index is 1.93. The van der Waals surface area contributed by atoms with Gasteiger partial charge in [0.15, 0.2) is 0 Å². The van der Waals surface area contributed by atoms with Crippen LogP contribution >= 0.6 is 0 Å². The van der Waals surface area contributed by atoms with Crippen LogP contribution in [0.25, 0.3) is 4.85 Å². The fourth-order valence-corrected chi connectivity index (χ4v) is 2.79. The lowest BCUT2D eigenvalue weighted by molar-refractivity contribution is -0.137. The van der Waals surface area contributed by atoms with E-state index < -0.39 is 12.0 Å². The van der Waals surface area contributed by atoms with Gasteiger partial charge in [0.1, 0.15) is 0 Å². The molecule has 1 atom stereocenters. The summed E-state index contributed by atoms with van der Waals surface area (Å²) in [5, 5.41) is 9.05. The molecule has 128 valence electrons. The third-order valence-corrected chi connectivity index (χ3v) is 4.09. The number of nitrogens with zero attached hydrogens (tertiary/aromatic N) is 2. The van der Waals surface area contributed by atoms with Gasteiger partial charge in [-0.25, -0.2) is 11.4 Å². The normalized spacial score (nSPS) is 11.3. The lowest BCUT2D eigenvalue weighted by Crippen LogP contribution is -2.18. The summed E-state index contributed by atoms with van der Waals surface area (Å²) in [6, 6.07) is 26.7. The molecule has 0 aromatic heterocycles. The van der Waals surface area contributed by atoms with Crippen molar-refractivity contribution in [2.45, 2.75) is 12.5 Å². The minimum Gasteiger partial charge on any atom is -0.476 e. The van der Waals surface area contributed by atoms with Crippen molar-refractivity contribution < 1.29 is 9.90 Å². The van der Waals surface area contributed by atoms with Crippen LogP contribution in [0.3, 0.4) is 0 Å². The van der Waals surface area contributed by atoms with Crippen LogP contribution in [0.1, 0.15) is 5.56 Å². The van der Waals surface area contributed by atoms with Crippen LogP contribution in [0.5, 0.6) is 0 Å². The number of para-hydroxylation sites is 2. The largest absolute Gasteiger partial charge is 0.476 e. The molecule has 0 heterocycles. The first-order valence-corrected chi connectivity index (χ1v) is 8.27. The minimum atomic E-state index is -1.08. The third kappa shape index (κ3) is 3.90. The highest BCUT2D eigenvalue weighted by Crippen LogP contribution is 2.34. The lowest BCUT2D eigenvalue weighted by atomic mass is 10.1. The van der Waals surface area contributed by atoms with E-state index in [1.54, 1.807) is 0 Å². The van der Waals surface area contributed by atoms with Crippen molar-refractivity contribution in [3.8, 4) is 0 Å². The van der Waals surface area contributed by atoms with Gasteiger partial charge in [-0.15, -0.1) is 0 Å². The Kier molecular flexibility index (Phi) is 5.31. The Labute approximate surface area is 152 Å². The number of hydrogen-bond donors (Lipinski definition) is 1. The molecule has 1 N–H and O–H groups in total. The predicted molar refractivity (Wildman–Crippen MR) is 103 cm³/mol. The summed E-state index contributed by atoms with van der Waals surface area (Å²) in [6.07, 6.45) is 0.204. The van der Waals surface area contributed by atoms with Crippen molar-refractivity contribution in [3.63, 3.8) is 0 Å². The predicted octanol–water partition coefficient (Wildman–Crippen LogP) is 5.07. The number of hydrogen-bond acceptors (Lipinski definition) is 2. The molecule has 3 rings (SSSR count). The topological polar surface area (TPSA) is 44.9 Å². The minimum absolute atomic E-state index is 0.204. The second kappa shape index (κ2) is 8.00. The van der Waals surface area contributed by atoms with Gasteiger partial charge in [-0.05, 0) is 42.0 Å². The third-order valence-electron chi connectivity index (χ3n) is 4.09. The molecule has 0 fully saturated rings. The summed E-state index contributed by atoms with van der Waals surface area (Å²) in [5.41, 5.74) is 3.88. The second-order valence-electron chi connectivity index (χ2n) is 5.86. The summed E-state index contributed by atoms with van der Waals surface area (Å²) >= 11 is 0. The molecule has 3 aromatic carbocycles. The number of carbonyl (C=O) groups is 1. The van der Waals surface area contributed by atoms with E-state index in [0.29, 0.717) is 0 Å². The second-order valence-corrected chi connectivity index (χ2v) is 5.86. The maximum atomic E-state index is 11.1. The molecule has 0 bridgehead atoms. The van der Waals surface area contributed by atoms with Crippen LogP contribution in [0.15, 0.2) is 84.9 Å². The molecule has 4 heteroatoms. The molecule has 0 aliphatic heterocycles. The molecule has 3 aromatic rings. The SMILES string of the molecule is [C-]#[N+]C(Cc1ccc(N(c2ccccc2)c2ccccc2)cc1)C(=O)O. The molecule has 0 saturated carbocycles. The quantitative estimate of drug-likeness (QED) is 0.636. The van der Waals surface area contributed by atoms with Gasteiger partial charge in [-0.1, -0.05) is 48.5 Å². The summed E-state index contributed by atoms with van der Waals surface area (Å²) in [4.78, 5) is 16.4. The van der Waals surface area contributed by atoms with Crippen molar-refractivity contribution >= 4 is 23.0 Å². The van der Waals surface area contributed by atoms with E-state index in [0.717, 1.165) is 22.6 Å². The Morgan fingerprint density at radius 3 is 1.73 bits per heavy atom. The monoisotopic (exact) mass is 342 g/mol. The van der Waals surface area contributed by atoms with Crippen LogP contribution in [-0.4, -0.2) is 17.1 Å². The zero-order valence-electron chi connectivity index (χ0n) is 14.1. The maximum Gasteiger partial charge on any atom is 0.388 e. The standard InChI is InChI=1S/C22H18N2O2/c1-23-21(22(25)26)16-17-12-14-20(15-13-17)24(18-8-4-2-5-9-18)19-10-6-3-7-11-19/h2-15,21H,16H2,(H,25,26). The molecule has 26 heavy (non-hydrogen) atoms. The fraction of sp³-hybridized carbons (Fsp3) is 0.0909. The van der Waals surface area contributed by atoms with Crippen LogP contribution in [0.2, 0.25) is 0 Å². The number of anilines is 3. The summed E-state index contributed by atoms with van der Waals surface area (Å²) in [6.45, 7) is 7.01. The van der Waals surface area contributed by atoms with Gasteiger partial charge in [0.05, 0.1) is 6.42 Å². The van der Waals surface area contributed by atoms with Crippen LogP contribution in [-0.2, 0) is 11.2 Å². The van der Waals surface area contributed by atoms with Crippen LogP contribution < -0.4 is 4.90 Å². The van der Waals surface area contributed by atoms with Gasteiger partial charge >= 0.3 is 12.0 Å². The first-order valence-electron chi connectivity index (χ1n) is 8.27. The van der Waals surface area contributed by atoms with Gasteiger partial charge in [0.25, 0.3) is 0 Å². The first-order chi connectivity index (χ1) is 12.7. The number of benzene rings is 3. The van der Waals surface area contributed by atoms with Crippen molar-refractivity contribution in [1.29, 1.82) is 0 Å². The highest BCUT2D eigenvalue weighted by molar-refractivity contribution is 5.77. The van der Waals surface area contributed by atoms with Gasteiger partial charge in [-0.2, -0.15) is 0 Å². The fourth-order valence-electron chi connectivity index (χ4n) is 2.79. The summed E-state index contributed by atoms with van der Waals surface area (Å²) in [5.74, 6) is -1.08. The van der Waals surface area contributed by atoms with Crippen molar-refractivity contribution in [1.82, 2.24) is 0 Å². The Morgan fingerprint density at radius 2 is 1.31 bits per heavy atom. The molecule has 4 nitrogen and oxygen atoms in total. The van der Waals surface area contributed by atoms with Gasteiger partial charge in [0, 0.05) is 17.1 Å². The molecule has 0 aliphatic rings. The molecule has 0 aliphatic carbocycles. The number of rotatable bonds is 6. The molecule has 1 unspecified atom stereocenters. The van der Waals surface area contributed by atoms with Gasteiger partial charge < -0.3 is 14.9 Å². The average Bonchev–Trinajstić information content (AvgIpc) is 2.69. The van der Waals surface area contributed by atoms with E-state index in [1.165, 1.54) is 0 Å². The highest BCUT2D eigenvalue weighted by Gasteiger charge is 2.22. The summed E-state index contributed by atoms with van der Waals surface area (Å²) < 4.78 is 0. The maximum absolute atomic E-state index is 11.1. The molecule has 0 spiro atoms. The average molecular weight is 342 g/mol. The van der Waals surface area contributed by atoms with E-state index in [2.05, 4.69) is 9.74 Å². The van der Waals surface area contributed by atoms with Gasteiger partial charge in [0.2, 0.25) is 0 Å². The molecule has 0 radical (unpaired) electrons. The van der Waals surface area contributed by atoms with E-state index >= 15 is 0 Å².